The molecule has 26 heavy (non-hydrogen) atoms. The first-order chi connectivity index (χ1) is 12.7. The highest BCUT2D eigenvalue weighted by atomic mass is 16.5. The van der Waals surface area contributed by atoms with Gasteiger partial charge in [0.25, 0.3) is 5.91 Å². The monoisotopic (exact) mass is 360 g/mol. The van der Waals surface area contributed by atoms with Crippen LogP contribution < -0.4 is 0 Å². The quantitative estimate of drug-likeness (QED) is 0.777. The van der Waals surface area contributed by atoms with E-state index in [0.29, 0.717) is 31.8 Å². The Bertz CT molecular complexity index is 656. The molecule has 3 aliphatic heterocycles. The fourth-order valence-corrected chi connectivity index (χ4v) is 3.96. The predicted octanol–water partition coefficient (Wildman–Crippen LogP) is 0.489. The molecule has 0 N–H and O–H groups in total. The van der Waals surface area contributed by atoms with Crippen LogP contribution in [0.3, 0.4) is 0 Å². The normalized spacial score (nSPS) is 24.5. The van der Waals surface area contributed by atoms with Crippen molar-refractivity contribution in [3.8, 4) is 0 Å². The summed E-state index contributed by atoms with van der Waals surface area (Å²) in [6.45, 7) is 3.49. The van der Waals surface area contributed by atoms with Crippen LogP contribution in [0.5, 0.6) is 0 Å². The first-order valence-corrected chi connectivity index (χ1v) is 9.24. The Morgan fingerprint density at radius 2 is 2.04 bits per heavy atom. The topological polar surface area (TPSA) is 84.9 Å². The maximum atomic E-state index is 12.4. The van der Waals surface area contributed by atoms with Gasteiger partial charge < -0.3 is 19.3 Å². The Morgan fingerprint density at radius 3 is 2.77 bits per heavy atom. The number of ether oxygens (including phenoxy) is 2. The molecule has 0 aliphatic carbocycles. The number of likely N-dealkylation sites (tertiary alicyclic amines) is 2. The first-order valence-electron chi connectivity index (χ1n) is 9.24. The molecule has 8 nitrogen and oxygen atoms in total. The standard InChI is InChI=1S/C18H24N4O4/c23-16(21-6-1-2-7-21)11-25-14-3-8-26-18(9-14)12-22(13-18)17(24)15-10-19-4-5-20-15/h4-5,10,14H,1-3,6-9,11-13H2/t14-/m1/s1. The van der Waals surface area contributed by atoms with E-state index in [1.807, 2.05) is 4.90 Å². The summed E-state index contributed by atoms with van der Waals surface area (Å²) in [6.07, 6.45) is 8.21. The second-order valence-electron chi connectivity index (χ2n) is 7.30. The molecule has 2 amide bonds. The van der Waals surface area contributed by atoms with Gasteiger partial charge in [-0.15, -0.1) is 0 Å². The molecule has 1 aromatic heterocycles. The van der Waals surface area contributed by atoms with Crippen molar-refractivity contribution in [3.63, 3.8) is 0 Å². The minimum atomic E-state index is -0.350. The minimum Gasteiger partial charge on any atom is -0.371 e. The molecule has 3 saturated heterocycles. The molecule has 0 radical (unpaired) electrons. The Labute approximate surface area is 152 Å². The highest BCUT2D eigenvalue weighted by Crippen LogP contribution is 2.35. The van der Waals surface area contributed by atoms with Gasteiger partial charge in [-0.25, -0.2) is 4.98 Å². The first kappa shape index (κ1) is 17.4. The molecule has 1 atom stereocenters. The average Bonchev–Trinajstić information content (AvgIpc) is 3.19. The van der Waals surface area contributed by atoms with Crippen LogP contribution >= 0.6 is 0 Å². The summed E-state index contributed by atoms with van der Waals surface area (Å²) in [4.78, 5) is 36.1. The van der Waals surface area contributed by atoms with Crippen LogP contribution in [0.15, 0.2) is 18.6 Å². The molecule has 0 aromatic carbocycles. The van der Waals surface area contributed by atoms with E-state index in [-0.39, 0.29) is 30.1 Å². The van der Waals surface area contributed by atoms with Crippen LogP contribution in [0.25, 0.3) is 0 Å². The van der Waals surface area contributed by atoms with Crippen LogP contribution in [0.4, 0.5) is 0 Å². The maximum absolute atomic E-state index is 12.4. The molecular weight excluding hydrogens is 336 g/mol. The van der Waals surface area contributed by atoms with Gasteiger partial charge in [-0.2, -0.15) is 0 Å². The number of hydrogen-bond donors (Lipinski definition) is 0. The Balaban J connectivity index is 1.26. The van der Waals surface area contributed by atoms with E-state index in [2.05, 4.69) is 9.97 Å². The van der Waals surface area contributed by atoms with Gasteiger partial charge in [0.15, 0.2) is 0 Å². The van der Waals surface area contributed by atoms with E-state index in [0.717, 1.165) is 32.4 Å². The minimum absolute atomic E-state index is 0.00377. The SMILES string of the molecule is O=C(CO[C@@H]1CCOC2(C1)CN(C(=O)c1cnccn1)C2)N1CCCC1. The van der Waals surface area contributed by atoms with Crippen molar-refractivity contribution in [1.29, 1.82) is 0 Å². The van der Waals surface area contributed by atoms with Crippen LogP contribution in [-0.4, -0.2) is 82.7 Å². The molecular formula is C18H24N4O4. The van der Waals surface area contributed by atoms with Crippen molar-refractivity contribution >= 4 is 11.8 Å². The van der Waals surface area contributed by atoms with Crippen molar-refractivity contribution in [2.24, 2.45) is 0 Å². The van der Waals surface area contributed by atoms with E-state index in [1.165, 1.54) is 12.4 Å². The number of hydrogen-bond acceptors (Lipinski definition) is 6. The van der Waals surface area contributed by atoms with Crippen molar-refractivity contribution in [1.82, 2.24) is 19.8 Å². The number of nitrogens with zero attached hydrogens (tertiary/aromatic N) is 4. The number of carbonyl (C=O) groups excluding carboxylic acids is 2. The zero-order chi connectivity index (χ0) is 18.0. The van der Waals surface area contributed by atoms with Crippen LogP contribution in [0.1, 0.15) is 36.2 Å². The van der Waals surface area contributed by atoms with Gasteiger partial charge in [0, 0.05) is 38.5 Å². The summed E-state index contributed by atoms with van der Waals surface area (Å²) in [6, 6.07) is 0. The van der Waals surface area contributed by atoms with E-state index >= 15 is 0 Å². The van der Waals surface area contributed by atoms with Crippen molar-refractivity contribution in [2.75, 3.05) is 39.4 Å². The van der Waals surface area contributed by atoms with Crippen molar-refractivity contribution in [3.05, 3.63) is 24.3 Å². The molecule has 0 unspecified atom stereocenters. The summed E-state index contributed by atoms with van der Waals surface area (Å²) in [7, 11) is 0. The summed E-state index contributed by atoms with van der Waals surface area (Å²) in [5.74, 6) is -0.0457. The second kappa shape index (κ2) is 7.28. The fraction of sp³-hybridized carbons (Fsp3) is 0.667. The smallest absolute Gasteiger partial charge is 0.274 e. The lowest BCUT2D eigenvalue weighted by Gasteiger charge is -2.52. The molecule has 3 fully saturated rings. The molecule has 140 valence electrons. The molecule has 1 spiro atoms. The highest BCUT2D eigenvalue weighted by molar-refractivity contribution is 5.92. The van der Waals surface area contributed by atoms with Gasteiger partial charge in [0.2, 0.25) is 5.91 Å². The third kappa shape index (κ3) is 3.57. The van der Waals surface area contributed by atoms with Gasteiger partial charge >= 0.3 is 0 Å². The molecule has 0 bridgehead atoms. The number of amides is 2. The molecule has 0 saturated carbocycles. The van der Waals surface area contributed by atoms with Gasteiger partial charge in [-0.3, -0.25) is 14.6 Å². The van der Waals surface area contributed by atoms with E-state index in [9.17, 15) is 9.59 Å². The number of aromatic nitrogens is 2. The lowest BCUT2D eigenvalue weighted by atomic mass is 9.84. The van der Waals surface area contributed by atoms with Crippen molar-refractivity contribution < 1.29 is 19.1 Å². The van der Waals surface area contributed by atoms with E-state index < -0.39 is 0 Å². The Hall–Kier alpha value is -2.06. The van der Waals surface area contributed by atoms with Gasteiger partial charge in [-0.05, 0) is 19.3 Å². The van der Waals surface area contributed by atoms with Gasteiger partial charge in [0.05, 0.1) is 25.4 Å². The molecule has 4 heterocycles. The molecule has 4 rings (SSSR count). The van der Waals surface area contributed by atoms with Gasteiger partial charge in [0.1, 0.15) is 17.9 Å². The molecule has 3 aliphatic rings. The maximum Gasteiger partial charge on any atom is 0.274 e. The van der Waals surface area contributed by atoms with Gasteiger partial charge in [-0.1, -0.05) is 0 Å². The van der Waals surface area contributed by atoms with Crippen molar-refractivity contribution in [2.45, 2.75) is 37.4 Å². The average molecular weight is 360 g/mol. The summed E-state index contributed by atoms with van der Waals surface area (Å²) in [5, 5.41) is 0. The Kier molecular flexibility index (Phi) is 4.86. The third-order valence-electron chi connectivity index (χ3n) is 5.38. The molecule has 1 aromatic rings. The highest BCUT2D eigenvalue weighted by Gasteiger charge is 2.50. The second-order valence-corrected chi connectivity index (χ2v) is 7.30. The summed E-state index contributed by atoms with van der Waals surface area (Å²) in [5.41, 5.74) is -0.000494. The lowest BCUT2D eigenvalue weighted by molar-refractivity contribution is -0.188. The lowest BCUT2D eigenvalue weighted by Crippen LogP contribution is -2.67. The fourth-order valence-electron chi connectivity index (χ4n) is 3.96. The van der Waals surface area contributed by atoms with Crippen LogP contribution in [0.2, 0.25) is 0 Å². The zero-order valence-corrected chi connectivity index (χ0v) is 14.8. The van der Waals surface area contributed by atoms with Crippen LogP contribution in [0, 0.1) is 0 Å². The largest absolute Gasteiger partial charge is 0.371 e. The van der Waals surface area contributed by atoms with E-state index in [1.54, 1.807) is 11.1 Å². The number of rotatable bonds is 4. The molecule has 8 heteroatoms. The third-order valence-corrected chi connectivity index (χ3v) is 5.38. The zero-order valence-electron chi connectivity index (χ0n) is 14.8. The number of carbonyl (C=O) groups is 2. The Morgan fingerprint density at radius 1 is 1.23 bits per heavy atom. The summed E-state index contributed by atoms with van der Waals surface area (Å²) >= 11 is 0. The summed E-state index contributed by atoms with van der Waals surface area (Å²) < 4.78 is 11.8. The predicted molar refractivity (Wildman–Crippen MR) is 91.4 cm³/mol. The van der Waals surface area contributed by atoms with E-state index in [4.69, 9.17) is 9.47 Å². The van der Waals surface area contributed by atoms with Crippen LogP contribution in [-0.2, 0) is 14.3 Å².